The summed E-state index contributed by atoms with van der Waals surface area (Å²) in [5.74, 6) is 4.73. The molecule has 0 aliphatic heterocycles. The summed E-state index contributed by atoms with van der Waals surface area (Å²) in [4.78, 5) is 12.1. The second-order valence-corrected chi connectivity index (χ2v) is 3.74. The van der Waals surface area contributed by atoms with Gasteiger partial charge in [-0.3, -0.25) is 4.79 Å². The zero-order valence-corrected chi connectivity index (χ0v) is 9.51. The molecule has 0 heterocycles. The molecule has 5 heteroatoms. The molecule has 2 rings (SSSR count). The first-order chi connectivity index (χ1) is 8.59. The van der Waals surface area contributed by atoms with E-state index in [4.69, 9.17) is 11.6 Å². The van der Waals surface area contributed by atoms with E-state index in [1.54, 1.807) is 24.3 Å². The standard InChI is InChI=1S/C13H12FN3O/c14-9-6-7-11(12(15)8-9)13(18)17(16)10-4-2-1-3-5-10/h1-8H,15-16H2. The van der Waals surface area contributed by atoms with Crippen LogP contribution in [0.4, 0.5) is 15.8 Å². The van der Waals surface area contributed by atoms with Crippen molar-refractivity contribution < 1.29 is 9.18 Å². The minimum Gasteiger partial charge on any atom is -0.398 e. The van der Waals surface area contributed by atoms with E-state index in [0.29, 0.717) is 5.69 Å². The van der Waals surface area contributed by atoms with E-state index >= 15 is 0 Å². The first-order valence-corrected chi connectivity index (χ1v) is 5.29. The number of benzene rings is 2. The number of carbonyl (C=O) groups excluding carboxylic acids is 1. The molecule has 0 fully saturated rings. The summed E-state index contributed by atoms with van der Waals surface area (Å²) in [6, 6.07) is 12.3. The fourth-order valence-corrected chi connectivity index (χ4v) is 1.56. The predicted molar refractivity (Wildman–Crippen MR) is 68.3 cm³/mol. The van der Waals surface area contributed by atoms with E-state index in [0.717, 1.165) is 11.1 Å². The van der Waals surface area contributed by atoms with Crippen LogP contribution in [0.2, 0.25) is 0 Å². The molecule has 0 saturated carbocycles. The van der Waals surface area contributed by atoms with Crippen molar-refractivity contribution in [2.24, 2.45) is 5.84 Å². The van der Waals surface area contributed by atoms with Crippen LogP contribution < -0.4 is 16.6 Å². The van der Waals surface area contributed by atoms with Gasteiger partial charge in [0.25, 0.3) is 5.91 Å². The maximum Gasteiger partial charge on any atom is 0.274 e. The van der Waals surface area contributed by atoms with E-state index in [1.165, 1.54) is 12.1 Å². The third kappa shape index (κ3) is 2.31. The van der Waals surface area contributed by atoms with Crippen molar-refractivity contribution in [3.05, 3.63) is 59.9 Å². The molecule has 4 N–H and O–H groups in total. The van der Waals surface area contributed by atoms with Crippen LogP contribution in [-0.2, 0) is 0 Å². The topological polar surface area (TPSA) is 72.4 Å². The molecule has 18 heavy (non-hydrogen) atoms. The summed E-state index contributed by atoms with van der Waals surface area (Å²) in [6.45, 7) is 0. The monoisotopic (exact) mass is 245 g/mol. The molecule has 0 bridgehead atoms. The van der Waals surface area contributed by atoms with Gasteiger partial charge in [-0.15, -0.1) is 0 Å². The van der Waals surface area contributed by atoms with Crippen molar-refractivity contribution in [2.75, 3.05) is 10.7 Å². The van der Waals surface area contributed by atoms with Crippen molar-refractivity contribution >= 4 is 17.3 Å². The van der Waals surface area contributed by atoms with Gasteiger partial charge < -0.3 is 5.73 Å². The first kappa shape index (κ1) is 12.1. The highest BCUT2D eigenvalue weighted by atomic mass is 19.1. The summed E-state index contributed by atoms with van der Waals surface area (Å²) in [5, 5.41) is 0.976. The third-order valence-corrected chi connectivity index (χ3v) is 2.50. The number of para-hydroxylation sites is 1. The van der Waals surface area contributed by atoms with E-state index in [1.807, 2.05) is 6.07 Å². The van der Waals surface area contributed by atoms with Crippen LogP contribution >= 0.6 is 0 Å². The molecule has 0 aliphatic carbocycles. The minimum atomic E-state index is -0.493. The van der Waals surface area contributed by atoms with Crippen molar-refractivity contribution in [1.82, 2.24) is 0 Å². The molecular formula is C13H12FN3O. The van der Waals surface area contributed by atoms with Crippen LogP contribution in [0.5, 0.6) is 0 Å². The number of hydrazine groups is 1. The van der Waals surface area contributed by atoms with Crippen LogP contribution in [0.15, 0.2) is 48.5 Å². The molecule has 0 saturated heterocycles. The van der Waals surface area contributed by atoms with Crippen LogP contribution in [-0.4, -0.2) is 5.91 Å². The van der Waals surface area contributed by atoms with Crippen molar-refractivity contribution in [3.8, 4) is 0 Å². The van der Waals surface area contributed by atoms with Gasteiger partial charge in [-0.05, 0) is 30.3 Å². The summed E-state index contributed by atoms with van der Waals surface area (Å²) in [5.41, 5.74) is 6.36. The number of rotatable bonds is 2. The number of anilines is 2. The lowest BCUT2D eigenvalue weighted by Gasteiger charge is -2.17. The molecule has 92 valence electrons. The van der Waals surface area contributed by atoms with Gasteiger partial charge in [0.1, 0.15) is 5.82 Å². The maximum atomic E-state index is 12.9. The number of carbonyl (C=O) groups is 1. The van der Waals surface area contributed by atoms with Gasteiger partial charge in [-0.1, -0.05) is 18.2 Å². The summed E-state index contributed by atoms with van der Waals surface area (Å²) >= 11 is 0. The van der Waals surface area contributed by atoms with Crippen LogP contribution in [0.25, 0.3) is 0 Å². The van der Waals surface area contributed by atoms with Crippen molar-refractivity contribution in [1.29, 1.82) is 0 Å². The Balaban J connectivity index is 2.32. The lowest BCUT2D eigenvalue weighted by Crippen LogP contribution is -2.37. The number of amides is 1. The summed E-state index contributed by atoms with van der Waals surface area (Å²) in [7, 11) is 0. The average molecular weight is 245 g/mol. The second-order valence-electron chi connectivity index (χ2n) is 3.74. The molecular weight excluding hydrogens is 233 g/mol. The molecule has 0 unspecified atom stereocenters. The predicted octanol–water partition coefficient (Wildman–Crippen LogP) is 1.93. The van der Waals surface area contributed by atoms with Crippen LogP contribution in [0.3, 0.4) is 0 Å². The highest BCUT2D eigenvalue weighted by molar-refractivity contribution is 6.08. The number of nitrogen functional groups attached to an aromatic ring is 1. The van der Waals surface area contributed by atoms with Gasteiger partial charge in [0.05, 0.1) is 11.3 Å². The Morgan fingerprint density at radius 1 is 1.11 bits per heavy atom. The van der Waals surface area contributed by atoms with E-state index in [9.17, 15) is 9.18 Å². The molecule has 0 aromatic heterocycles. The molecule has 0 aliphatic rings. The molecule has 1 amide bonds. The Labute approximate surface area is 104 Å². The van der Waals surface area contributed by atoms with Crippen molar-refractivity contribution in [3.63, 3.8) is 0 Å². The molecule has 2 aromatic rings. The van der Waals surface area contributed by atoms with Gasteiger partial charge in [0.2, 0.25) is 0 Å². The normalized spacial score (nSPS) is 10.1. The number of nitrogens with two attached hydrogens (primary N) is 2. The van der Waals surface area contributed by atoms with Gasteiger partial charge in [-0.2, -0.15) is 0 Å². The smallest absolute Gasteiger partial charge is 0.274 e. The molecule has 4 nitrogen and oxygen atoms in total. The lowest BCUT2D eigenvalue weighted by molar-refractivity contribution is 0.0987. The van der Waals surface area contributed by atoms with E-state index < -0.39 is 11.7 Å². The Kier molecular flexibility index (Phi) is 3.25. The zero-order chi connectivity index (χ0) is 13.1. The lowest BCUT2D eigenvalue weighted by atomic mass is 10.1. The van der Waals surface area contributed by atoms with Gasteiger partial charge in [0.15, 0.2) is 0 Å². The highest BCUT2D eigenvalue weighted by Crippen LogP contribution is 2.18. The fraction of sp³-hybridized carbons (Fsp3) is 0. The van der Waals surface area contributed by atoms with Gasteiger partial charge >= 0.3 is 0 Å². The van der Waals surface area contributed by atoms with E-state index in [2.05, 4.69) is 0 Å². The minimum absolute atomic E-state index is 0.0615. The maximum absolute atomic E-state index is 12.9. The molecule has 0 radical (unpaired) electrons. The number of hydrogen-bond donors (Lipinski definition) is 2. The fourth-order valence-electron chi connectivity index (χ4n) is 1.56. The van der Waals surface area contributed by atoms with Crippen LogP contribution in [0.1, 0.15) is 10.4 Å². The first-order valence-electron chi connectivity index (χ1n) is 5.29. The Morgan fingerprint density at radius 3 is 2.39 bits per heavy atom. The Morgan fingerprint density at radius 2 is 1.78 bits per heavy atom. The van der Waals surface area contributed by atoms with E-state index in [-0.39, 0.29) is 11.3 Å². The summed E-state index contributed by atoms with van der Waals surface area (Å²) < 4.78 is 12.9. The zero-order valence-electron chi connectivity index (χ0n) is 9.51. The molecule has 0 atom stereocenters. The Bertz CT molecular complexity index is 572. The van der Waals surface area contributed by atoms with Crippen LogP contribution in [0, 0.1) is 5.82 Å². The molecule has 0 spiro atoms. The SMILES string of the molecule is Nc1cc(F)ccc1C(=O)N(N)c1ccccc1. The average Bonchev–Trinajstić information content (AvgIpc) is 2.38. The highest BCUT2D eigenvalue weighted by Gasteiger charge is 2.16. The summed E-state index contributed by atoms with van der Waals surface area (Å²) in [6.07, 6.45) is 0. The number of nitrogens with zero attached hydrogens (tertiary/aromatic N) is 1. The third-order valence-electron chi connectivity index (χ3n) is 2.50. The van der Waals surface area contributed by atoms with Gasteiger partial charge in [-0.25, -0.2) is 15.2 Å². The van der Waals surface area contributed by atoms with Gasteiger partial charge in [0, 0.05) is 5.69 Å². The molecule has 2 aromatic carbocycles. The quantitative estimate of drug-likeness (QED) is 0.367. The van der Waals surface area contributed by atoms with Crippen molar-refractivity contribution in [2.45, 2.75) is 0 Å². The number of hydrogen-bond acceptors (Lipinski definition) is 3. The largest absolute Gasteiger partial charge is 0.398 e. The number of halogens is 1. The Hall–Kier alpha value is -2.40. The second kappa shape index (κ2) is 4.85.